The molecule has 32 heavy (non-hydrogen) atoms. The number of aromatic amines is 1. The quantitative estimate of drug-likeness (QED) is 0.352. The van der Waals surface area contributed by atoms with Crippen molar-refractivity contribution < 1.29 is 23.4 Å². The molecule has 2 heterocycles. The molecule has 172 valence electrons. The van der Waals surface area contributed by atoms with Crippen LogP contribution in [0, 0.1) is 0 Å². The van der Waals surface area contributed by atoms with E-state index < -0.39 is 28.1 Å². The van der Waals surface area contributed by atoms with Gasteiger partial charge >= 0.3 is 5.97 Å². The molecule has 0 aliphatic rings. The van der Waals surface area contributed by atoms with E-state index in [1.807, 2.05) is 11.6 Å². The summed E-state index contributed by atoms with van der Waals surface area (Å²) in [6.07, 6.45) is 1.65. The molecule has 0 aliphatic heterocycles. The number of H-pyrrole nitrogens is 1. The minimum atomic E-state index is -4.24. The van der Waals surface area contributed by atoms with Crippen LogP contribution in [-0.2, 0) is 34.7 Å². The van der Waals surface area contributed by atoms with E-state index in [9.17, 15) is 28.2 Å². The Hall–Kier alpha value is -3.09. The molecule has 0 bridgehead atoms. The fourth-order valence-corrected chi connectivity index (χ4v) is 4.72. The first kappa shape index (κ1) is 23.6. The summed E-state index contributed by atoms with van der Waals surface area (Å²) < 4.78 is 28.9. The summed E-state index contributed by atoms with van der Waals surface area (Å²) in [5, 5.41) is 22.9. The summed E-state index contributed by atoms with van der Waals surface area (Å²) in [7, 11) is -2.56. The number of hydrogen-bond donors (Lipinski definition) is 4. The highest BCUT2D eigenvalue weighted by molar-refractivity contribution is 7.89. The van der Waals surface area contributed by atoms with Gasteiger partial charge in [-0.05, 0) is 31.0 Å². The van der Waals surface area contributed by atoms with Crippen LogP contribution >= 0.6 is 0 Å². The zero-order valence-electron chi connectivity index (χ0n) is 17.9. The van der Waals surface area contributed by atoms with Crippen LogP contribution in [-0.4, -0.2) is 56.5 Å². The summed E-state index contributed by atoms with van der Waals surface area (Å²) in [5.41, 5.74) is -0.267. The zero-order chi connectivity index (χ0) is 23.7. The molecule has 1 aromatic carbocycles. The smallest absolute Gasteiger partial charge is 0.327 e. The Labute approximate surface area is 184 Å². The van der Waals surface area contributed by atoms with Crippen molar-refractivity contribution in [2.45, 2.75) is 43.5 Å². The van der Waals surface area contributed by atoms with Gasteiger partial charge in [-0.1, -0.05) is 25.5 Å². The molecule has 0 aliphatic carbocycles. The van der Waals surface area contributed by atoms with Crippen LogP contribution in [0.1, 0.15) is 37.4 Å². The van der Waals surface area contributed by atoms with Crippen molar-refractivity contribution in [1.29, 1.82) is 0 Å². The van der Waals surface area contributed by atoms with Crippen LogP contribution in [0.3, 0.4) is 0 Å². The number of nitrogens with zero attached hydrogens (tertiary/aromatic N) is 3. The Bertz CT molecular complexity index is 1330. The number of sulfonamides is 1. The maximum Gasteiger partial charge on any atom is 0.327 e. The molecule has 3 rings (SSSR count). The van der Waals surface area contributed by atoms with E-state index in [0.717, 1.165) is 19.0 Å². The van der Waals surface area contributed by atoms with Crippen LogP contribution in [0.5, 0.6) is 0 Å². The second-order valence-corrected chi connectivity index (χ2v) is 9.44. The SMILES string of the molecule is CCCc1nn(C)c2c(=O)[nH]c(Cc3cccc(S(=O)(=O)N[C@@](C)(CO)C(=O)O)c3)nc12. The fraction of sp³-hybridized carbons (Fsp3) is 0.400. The molecule has 12 heteroatoms. The number of aliphatic hydroxyl groups is 1. The van der Waals surface area contributed by atoms with E-state index >= 15 is 0 Å². The van der Waals surface area contributed by atoms with Gasteiger partial charge in [0.1, 0.15) is 16.9 Å². The molecule has 0 fully saturated rings. The van der Waals surface area contributed by atoms with Crippen molar-refractivity contribution in [2.75, 3.05) is 6.61 Å². The number of carbonyl (C=O) groups is 1. The number of hydrogen-bond acceptors (Lipinski definition) is 7. The van der Waals surface area contributed by atoms with E-state index in [4.69, 9.17) is 0 Å². The van der Waals surface area contributed by atoms with Crippen molar-refractivity contribution in [3.8, 4) is 0 Å². The molecule has 4 N–H and O–H groups in total. The third-order valence-corrected chi connectivity index (χ3v) is 6.62. The number of aromatic nitrogens is 4. The minimum Gasteiger partial charge on any atom is -0.480 e. The Morgan fingerprint density at radius 2 is 2.06 bits per heavy atom. The van der Waals surface area contributed by atoms with Crippen molar-refractivity contribution in [2.24, 2.45) is 7.05 Å². The lowest BCUT2D eigenvalue weighted by Crippen LogP contribution is -2.54. The molecule has 0 saturated carbocycles. The molecule has 0 amide bonds. The van der Waals surface area contributed by atoms with Crippen molar-refractivity contribution >= 4 is 27.0 Å². The van der Waals surface area contributed by atoms with Gasteiger partial charge in [-0.2, -0.15) is 9.82 Å². The molecule has 1 atom stereocenters. The van der Waals surface area contributed by atoms with E-state index in [1.54, 1.807) is 13.1 Å². The summed E-state index contributed by atoms with van der Waals surface area (Å²) >= 11 is 0. The lowest BCUT2D eigenvalue weighted by Gasteiger charge is -2.23. The number of rotatable bonds is 9. The molecule has 11 nitrogen and oxygen atoms in total. The van der Waals surface area contributed by atoms with Gasteiger partial charge < -0.3 is 15.2 Å². The standard InChI is InChI=1S/C20H25N5O6S/c1-4-6-14-16-17(25(3)23-14)18(27)22-15(21-16)10-12-7-5-8-13(9-12)32(30,31)24-20(2,11-26)19(28)29/h5,7-9,24,26H,4,6,10-11H2,1-3H3,(H,28,29)(H,21,22,27)/t20-/m0/s1. The molecule has 0 unspecified atom stereocenters. The number of benzene rings is 1. The number of aryl methyl sites for hydroxylation is 2. The van der Waals surface area contributed by atoms with Gasteiger partial charge in [0.15, 0.2) is 5.52 Å². The summed E-state index contributed by atoms with van der Waals surface area (Å²) in [6.45, 7) is 2.15. The topological polar surface area (TPSA) is 167 Å². The number of fused-ring (bicyclic) bond motifs is 1. The molecular weight excluding hydrogens is 438 g/mol. The van der Waals surface area contributed by atoms with Crippen LogP contribution in [0.25, 0.3) is 11.0 Å². The maximum atomic E-state index is 12.7. The number of nitrogens with one attached hydrogen (secondary N) is 2. The van der Waals surface area contributed by atoms with E-state index in [-0.39, 0.29) is 16.9 Å². The third-order valence-electron chi connectivity index (χ3n) is 5.03. The number of carboxylic acid groups (broad SMARTS) is 1. The molecule has 3 aromatic rings. The van der Waals surface area contributed by atoms with Gasteiger partial charge in [0, 0.05) is 13.5 Å². The average molecular weight is 464 g/mol. The molecule has 2 aromatic heterocycles. The van der Waals surface area contributed by atoms with Gasteiger partial charge in [-0.3, -0.25) is 14.3 Å². The van der Waals surface area contributed by atoms with E-state index in [0.29, 0.717) is 28.8 Å². The second-order valence-electron chi connectivity index (χ2n) is 7.76. The van der Waals surface area contributed by atoms with Crippen molar-refractivity contribution in [3.05, 3.63) is 51.7 Å². The van der Waals surface area contributed by atoms with Crippen molar-refractivity contribution in [3.63, 3.8) is 0 Å². The van der Waals surface area contributed by atoms with Gasteiger partial charge in [0.2, 0.25) is 10.0 Å². The second kappa shape index (κ2) is 8.81. The average Bonchev–Trinajstić information content (AvgIpc) is 3.03. The Morgan fingerprint density at radius 3 is 2.69 bits per heavy atom. The summed E-state index contributed by atoms with van der Waals surface area (Å²) in [6, 6.07) is 5.85. The van der Waals surface area contributed by atoms with E-state index in [2.05, 4.69) is 15.1 Å². The number of aliphatic carboxylic acids is 1. The van der Waals surface area contributed by atoms with Crippen LogP contribution < -0.4 is 10.3 Å². The predicted octanol–water partition coefficient (Wildman–Crippen LogP) is 0.314. The first-order valence-electron chi connectivity index (χ1n) is 9.92. The Balaban J connectivity index is 1.96. The highest BCUT2D eigenvalue weighted by Crippen LogP contribution is 2.18. The van der Waals surface area contributed by atoms with E-state index in [1.165, 1.54) is 22.9 Å². The van der Waals surface area contributed by atoms with Gasteiger partial charge in [0.25, 0.3) is 5.56 Å². The van der Waals surface area contributed by atoms with Gasteiger partial charge in [-0.25, -0.2) is 13.4 Å². The van der Waals surface area contributed by atoms with Gasteiger partial charge in [-0.15, -0.1) is 0 Å². The Kier molecular flexibility index (Phi) is 6.49. The summed E-state index contributed by atoms with van der Waals surface area (Å²) in [5.74, 6) is -1.16. The van der Waals surface area contributed by atoms with Gasteiger partial charge in [0.05, 0.1) is 17.2 Å². The van der Waals surface area contributed by atoms with Crippen LogP contribution in [0.4, 0.5) is 0 Å². The highest BCUT2D eigenvalue weighted by atomic mass is 32.2. The molecular formula is C20H25N5O6S. The predicted molar refractivity (Wildman–Crippen MR) is 116 cm³/mol. The lowest BCUT2D eigenvalue weighted by molar-refractivity contribution is -0.144. The first-order chi connectivity index (χ1) is 15.0. The molecule has 0 spiro atoms. The monoisotopic (exact) mass is 463 g/mol. The first-order valence-corrected chi connectivity index (χ1v) is 11.4. The largest absolute Gasteiger partial charge is 0.480 e. The zero-order valence-corrected chi connectivity index (χ0v) is 18.7. The molecule has 0 radical (unpaired) electrons. The van der Waals surface area contributed by atoms with Crippen LogP contribution in [0.2, 0.25) is 0 Å². The third kappa shape index (κ3) is 4.56. The maximum absolute atomic E-state index is 12.7. The normalized spacial score (nSPS) is 13.9. The summed E-state index contributed by atoms with van der Waals surface area (Å²) in [4.78, 5) is 31.0. The lowest BCUT2D eigenvalue weighted by atomic mass is 10.1. The number of carboxylic acids is 1. The number of aliphatic hydroxyl groups excluding tert-OH is 1. The Morgan fingerprint density at radius 1 is 1.34 bits per heavy atom. The minimum absolute atomic E-state index is 0.144. The highest BCUT2D eigenvalue weighted by Gasteiger charge is 2.37. The fourth-order valence-electron chi connectivity index (χ4n) is 3.30. The van der Waals surface area contributed by atoms with Crippen LogP contribution in [0.15, 0.2) is 34.0 Å². The molecule has 0 saturated heterocycles. The van der Waals surface area contributed by atoms with Crippen molar-refractivity contribution in [1.82, 2.24) is 24.5 Å².